The van der Waals surface area contributed by atoms with E-state index in [0.29, 0.717) is 37.6 Å². The lowest BCUT2D eigenvalue weighted by atomic mass is 9.71. The van der Waals surface area contributed by atoms with Crippen molar-refractivity contribution in [2.75, 3.05) is 20.3 Å². The van der Waals surface area contributed by atoms with E-state index < -0.39 is 0 Å². The lowest BCUT2D eigenvalue weighted by Gasteiger charge is -2.42. The van der Waals surface area contributed by atoms with Crippen LogP contribution in [0.1, 0.15) is 70.3 Å². The molecule has 0 spiro atoms. The van der Waals surface area contributed by atoms with Crippen LogP contribution in [0.4, 0.5) is 0 Å². The van der Waals surface area contributed by atoms with Crippen LogP contribution in [0.2, 0.25) is 0 Å². The van der Waals surface area contributed by atoms with E-state index >= 15 is 0 Å². The molecule has 0 N–H and O–H groups in total. The number of nitrogens with zero attached hydrogens (tertiary/aromatic N) is 1. The molecule has 5 nitrogen and oxygen atoms in total. The van der Waals surface area contributed by atoms with Crippen molar-refractivity contribution >= 4 is 11.6 Å². The minimum atomic E-state index is -0.300. The van der Waals surface area contributed by atoms with E-state index in [4.69, 9.17) is 9.47 Å². The number of ether oxygens (including phenoxy) is 2. The maximum atomic E-state index is 13.1. The molecule has 1 aromatic rings. The highest BCUT2D eigenvalue weighted by atomic mass is 16.5. The highest BCUT2D eigenvalue weighted by molar-refractivity contribution is 6.06. The van der Waals surface area contributed by atoms with Crippen molar-refractivity contribution < 1.29 is 19.1 Å². The molecule has 30 heavy (non-hydrogen) atoms. The summed E-state index contributed by atoms with van der Waals surface area (Å²) in [5.74, 6) is 1.43. The minimum Gasteiger partial charge on any atom is -0.490 e. The van der Waals surface area contributed by atoms with Crippen molar-refractivity contribution in [1.29, 1.82) is 0 Å². The molecule has 0 atom stereocenters. The van der Waals surface area contributed by atoms with Gasteiger partial charge in [-0.3, -0.25) is 9.59 Å². The Hall–Kier alpha value is -2.56. The van der Waals surface area contributed by atoms with Gasteiger partial charge < -0.3 is 14.4 Å². The quantitative estimate of drug-likeness (QED) is 0.668. The monoisotopic (exact) mass is 409 g/mol. The molecule has 5 heteroatoms. The number of hydrogen-bond donors (Lipinski definition) is 0. The SMILES string of the molecule is CCCOc1ccc(C2C3=C(CCCC3=O)N(C)C3=C2C(=O)CCC3)cc1OCC. The van der Waals surface area contributed by atoms with Gasteiger partial charge in [-0.15, -0.1) is 0 Å². The predicted octanol–water partition coefficient (Wildman–Crippen LogP) is 4.92. The van der Waals surface area contributed by atoms with Crippen molar-refractivity contribution in [1.82, 2.24) is 4.90 Å². The molecule has 1 aliphatic heterocycles. The summed E-state index contributed by atoms with van der Waals surface area (Å²) in [5.41, 5.74) is 4.74. The second-order valence-corrected chi connectivity index (χ2v) is 8.25. The molecule has 0 radical (unpaired) electrons. The van der Waals surface area contributed by atoms with Crippen molar-refractivity contribution in [2.24, 2.45) is 0 Å². The third-order valence-corrected chi connectivity index (χ3v) is 6.31. The van der Waals surface area contributed by atoms with Gasteiger partial charge in [0.1, 0.15) is 0 Å². The van der Waals surface area contributed by atoms with E-state index in [1.165, 1.54) is 0 Å². The molecular weight excluding hydrogens is 378 g/mol. The van der Waals surface area contributed by atoms with Crippen LogP contribution in [0.25, 0.3) is 0 Å². The molecular formula is C25H31NO4. The summed E-state index contributed by atoms with van der Waals surface area (Å²) < 4.78 is 11.7. The second kappa shape index (κ2) is 8.66. The molecule has 0 unspecified atom stereocenters. The van der Waals surface area contributed by atoms with Gasteiger partial charge in [0.05, 0.1) is 13.2 Å². The van der Waals surface area contributed by atoms with Crippen LogP contribution in [0, 0.1) is 0 Å². The molecule has 0 saturated heterocycles. The fraction of sp³-hybridized carbons (Fsp3) is 0.520. The molecule has 160 valence electrons. The van der Waals surface area contributed by atoms with E-state index in [-0.39, 0.29) is 17.5 Å². The molecule has 0 aromatic heterocycles. The summed E-state index contributed by atoms with van der Waals surface area (Å²) >= 11 is 0. The largest absolute Gasteiger partial charge is 0.490 e. The van der Waals surface area contributed by atoms with Gasteiger partial charge in [0.25, 0.3) is 0 Å². The molecule has 0 bridgehead atoms. The minimum absolute atomic E-state index is 0.169. The predicted molar refractivity (Wildman–Crippen MR) is 116 cm³/mol. The Morgan fingerprint density at radius 3 is 2.10 bits per heavy atom. The number of Topliss-reactive ketones (excluding diaryl/α,β-unsaturated/α-hetero) is 2. The third kappa shape index (κ3) is 3.55. The highest BCUT2D eigenvalue weighted by Crippen LogP contribution is 2.49. The Kier molecular flexibility index (Phi) is 5.98. The molecule has 0 fully saturated rings. The van der Waals surface area contributed by atoms with Gasteiger partial charge in [-0.2, -0.15) is 0 Å². The average molecular weight is 410 g/mol. The van der Waals surface area contributed by atoms with Gasteiger partial charge in [0.2, 0.25) is 0 Å². The number of benzene rings is 1. The van der Waals surface area contributed by atoms with E-state index in [1.807, 2.05) is 32.2 Å². The first-order valence-corrected chi connectivity index (χ1v) is 11.2. The van der Waals surface area contributed by atoms with Gasteiger partial charge >= 0.3 is 0 Å². The van der Waals surface area contributed by atoms with Crippen LogP contribution < -0.4 is 9.47 Å². The highest BCUT2D eigenvalue weighted by Gasteiger charge is 2.42. The molecule has 3 aliphatic rings. The lowest BCUT2D eigenvalue weighted by Crippen LogP contribution is -2.37. The molecule has 1 heterocycles. The zero-order chi connectivity index (χ0) is 21.3. The van der Waals surface area contributed by atoms with E-state index in [2.05, 4.69) is 11.8 Å². The Balaban J connectivity index is 1.86. The van der Waals surface area contributed by atoms with E-state index in [1.54, 1.807) is 0 Å². The molecule has 4 rings (SSSR count). The number of carbonyl (C=O) groups excluding carboxylic acids is 2. The normalized spacial score (nSPS) is 19.8. The standard InChI is InChI=1S/C25H31NO4/c1-4-14-30-21-13-12-16(15-22(21)29-5-2)23-24-17(8-6-10-19(24)27)26(3)18-9-7-11-20(28)25(18)23/h12-13,15,23H,4-11,14H2,1-3H3. The smallest absolute Gasteiger partial charge is 0.161 e. The van der Waals surface area contributed by atoms with Gasteiger partial charge in [-0.1, -0.05) is 13.0 Å². The molecule has 1 aromatic carbocycles. The zero-order valence-electron chi connectivity index (χ0n) is 18.3. The van der Waals surface area contributed by atoms with E-state index in [0.717, 1.165) is 60.2 Å². The summed E-state index contributed by atoms with van der Waals surface area (Å²) in [6, 6.07) is 5.90. The van der Waals surface area contributed by atoms with Crippen molar-refractivity contribution in [2.45, 2.75) is 64.7 Å². The Bertz CT molecular complexity index is 883. The summed E-state index contributed by atoms with van der Waals surface area (Å²) in [7, 11) is 2.02. The summed E-state index contributed by atoms with van der Waals surface area (Å²) in [5, 5.41) is 0. The van der Waals surface area contributed by atoms with Crippen molar-refractivity contribution in [3.63, 3.8) is 0 Å². The molecule has 2 aliphatic carbocycles. The average Bonchev–Trinajstić information content (AvgIpc) is 2.74. The first-order valence-electron chi connectivity index (χ1n) is 11.2. The molecule has 0 saturated carbocycles. The first kappa shape index (κ1) is 20.7. The van der Waals surface area contributed by atoms with Gasteiger partial charge in [0, 0.05) is 48.3 Å². The maximum absolute atomic E-state index is 13.1. The summed E-state index contributed by atoms with van der Waals surface area (Å²) in [6.07, 6.45) is 5.53. The van der Waals surface area contributed by atoms with Crippen LogP contribution in [-0.2, 0) is 9.59 Å². The van der Waals surface area contributed by atoms with Crippen molar-refractivity contribution in [3.8, 4) is 11.5 Å². The Morgan fingerprint density at radius 1 is 0.900 bits per heavy atom. The fourth-order valence-electron chi connectivity index (χ4n) is 4.99. The molecule has 0 amide bonds. The number of hydrogen-bond acceptors (Lipinski definition) is 5. The summed E-state index contributed by atoms with van der Waals surface area (Å²) in [4.78, 5) is 28.3. The van der Waals surface area contributed by atoms with E-state index in [9.17, 15) is 9.59 Å². The van der Waals surface area contributed by atoms with Gasteiger partial charge in [-0.25, -0.2) is 0 Å². The number of carbonyl (C=O) groups is 2. The van der Waals surface area contributed by atoms with Crippen LogP contribution in [0.5, 0.6) is 11.5 Å². The van der Waals surface area contributed by atoms with Gasteiger partial charge in [0.15, 0.2) is 23.1 Å². The lowest BCUT2D eigenvalue weighted by molar-refractivity contribution is -0.117. The van der Waals surface area contributed by atoms with Crippen molar-refractivity contribution in [3.05, 3.63) is 46.3 Å². The Labute approximate surface area is 178 Å². The zero-order valence-corrected chi connectivity index (χ0v) is 18.3. The second-order valence-electron chi connectivity index (χ2n) is 8.25. The first-order chi connectivity index (χ1) is 14.6. The van der Waals surface area contributed by atoms with Crippen LogP contribution in [0.3, 0.4) is 0 Å². The Morgan fingerprint density at radius 2 is 1.53 bits per heavy atom. The third-order valence-electron chi connectivity index (χ3n) is 6.31. The van der Waals surface area contributed by atoms with Crippen LogP contribution in [0.15, 0.2) is 40.7 Å². The van der Waals surface area contributed by atoms with Gasteiger partial charge in [-0.05, 0) is 56.7 Å². The topological polar surface area (TPSA) is 55.8 Å². The number of rotatable bonds is 6. The summed E-state index contributed by atoms with van der Waals surface area (Å²) in [6.45, 7) is 5.16. The van der Waals surface area contributed by atoms with Crippen LogP contribution >= 0.6 is 0 Å². The maximum Gasteiger partial charge on any atom is 0.161 e. The number of allylic oxidation sites excluding steroid dienone is 4. The fourth-order valence-corrected chi connectivity index (χ4v) is 4.99. The van der Waals surface area contributed by atoms with Crippen LogP contribution in [-0.4, -0.2) is 36.7 Å². The number of ketones is 2.